The quantitative estimate of drug-likeness (QED) is 0.755. The predicted octanol–water partition coefficient (Wildman–Crippen LogP) is 2.56. The zero-order valence-corrected chi connectivity index (χ0v) is 10.7. The summed E-state index contributed by atoms with van der Waals surface area (Å²) in [6.07, 6.45) is 5.31. The summed E-state index contributed by atoms with van der Waals surface area (Å²) < 4.78 is 0. The van der Waals surface area contributed by atoms with Gasteiger partial charge in [-0.05, 0) is 31.1 Å². The molecule has 2 N–H and O–H groups in total. The van der Waals surface area contributed by atoms with Crippen LogP contribution < -0.4 is 5.32 Å². The number of aliphatic hydroxyl groups excluding tert-OH is 1. The van der Waals surface area contributed by atoms with Gasteiger partial charge in [0.2, 0.25) is 0 Å². The Bertz CT molecular complexity index is 185. The Morgan fingerprint density at radius 3 is 2.40 bits per heavy atom. The van der Waals surface area contributed by atoms with Gasteiger partial charge >= 0.3 is 0 Å². The van der Waals surface area contributed by atoms with E-state index in [0.29, 0.717) is 11.5 Å². The van der Waals surface area contributed by atoms with E-state index in [1.807, 2.05) is 0 Å². The predicted molar refractivity (Wildman–Crippen MR) is 64.9 cm³/mol. The molecular weight excluding hydrogens is 186 g/mol. The molecule has 2 heteroatoms. The van der Waals surface area contributed by atoms with E-state index in [4.69, 9.17) is 5.11 Å². The van der Waals surface area contributed by atoms with Crippen molar-refractivity contribution in [2.75, 3.05) is 6.61 Å². The molecule has 3 unspecified atom stereocenters. The van der Waals surface area contributed by atoms with E-state index in [1.54, 1.807) is 0 Å². The van der Waals surface area contributed by atoms with Gasteiger partial charge in [0.25, 0.3) is 0 Å². The molecule has 0 saturated heterocycles. The van der Waals surface area contributed by atoms with E-state index < -0.39 is 0 Å². The lowest BCUT2D eigenvalue weighted by atomic mass is 9.69. The van der Waals surface area contributed by atoms with Crippen molar-refractivity contribution in [1.29, 1.82) is 0 Å². The van der Waals surface area contributed by atoms with Crippen LogP contribution in [0.1, 0.15) is 53.4 Å². The van der Waals surface area contributed by atoms with E-state index in [9.17, 15) is 0 Å². The summed E-state index contributed by atoms with van der Waals surface area (Å²) in [6.45, 7) is 9.31. The van der Waals surface area contributed by atoms with E-state index in [1.165, 1.54) is 25.7 Å². The summed E-state index contributed by atoms with van der Waals surface area (Å²) in [5.74, 6) is 0.750. The van der Waals surface area contributed by atoms with Crippen LogP contribution in [0.4, 0.5) is 0 Å². The second-order valence-corrected chi connectivity index (χ2v) is 6.11. The minimum absolute atomic E-state index is 0.234. The van der Waals surface area contributed by atoms with Crippen molar-refractivity contribution in [2.45, 2.75) is 65.5 Å². The van der Waals surface area contributed by atoms with Crippen LogP contribution in [0.3, 0.4) is 0 Å². The number of hydrogen-bond donors (Lipinski definition) is 2. The minimum Gasteiger partial charge on any atom is -0.395 e. The molecular formula is C13H27NO. The molecule has 0 aromatic heterocycles. The van der Waals surface area contributed by atoms with Crippen LogP contribution in [-0.2, 0) is 0 Å². The number of rotatable bonds is 3. The van der Waals surface area contributed by atoms with Gasteiger partial charge in [-0.25, -0.2) is 0 Å². The van der Waals surface area contributed by atoms with Gasteiger partial charge in [-0.1, -0.05) is 33.6 Å². The Hall–Kier alpha value is -0.0800. The molecule has 1 fully saturated rings. The van der Waals surface area contributed by atoms with Crippen molar-refractivity contribution in [3.63, 3.8) is 0 Å². The molecule has 0 aromatic rings. The van der Waals surface area contributed by atoms with Crippen molar-refractivity contribution < 1.29 is 5.11 Å². The average molecular weight is 213 g/mol. The van der Waals surface area contributed by atoms with Gasteiger partial charge in [0.15, 0.2) is 0 Å². The maximum Gasteiger partial charge on any atom is 0.0582 e. The zero-order chi connectivity index (χ0) is 11.5. The van der Waals surface area contributed by atoms with Crippen molar-refractivity contribution in [1.82, 2.24) is 5.32 Å². The SMILES string of the molecule is CC(CO)NC1CCCCC1C(C)(C)C. The Morgan fingerprint density at radius 1 is 1.27 bits per heavy atom. The highest BCUT2D eigenvalue weighted by atomic mass is 16.3. The Kier molecular flexibility index (Phi) is 4.60. The normalized spacial score (nSPS) is 30.2. The highest BCUT2D eigenvalue weighted by Gasteiger charge is 2.34. The van der Waals surface area contributed by atoms with Gasteiger partial charge in [0.05, 0.1) is 6.61 Å². The largest absolute Gasteiger partial charge is 0.395 e. The van der Waals surface area contributed by atoms with Crippen LogP contribution in [0, 0.1) is 11.3 Å². The van der Waals surface area contributed by atoms with E-state index >= 15 is 0 Å². The van der Waals surface area contributed by atoms with Crippen molar-refractivity contribution >= 4 is 0 Å². The fraction of sp³-hybridized carbons (Fsp3) is 1.00. The fourth-order valence-corrected chi connectivity index (χ4v) is 2.79. The van der Waals surface area contributed by atoms with Gasteiger partial charge in [-0.2, -0.15) is 0 Å². The van der Waals surface area contributed by atoms with Crippen LogP contribution in [0.25, 0.3) is 0 Å². The molecule has 0 radical (unpaired) electrons. The Labute approximate surface area is 94.5 Å². The van der Waals surface area contributed by atoms with Crippen molar-refractivity contribution in [3.8, 4) is 0 Å². The van der Waals surface area contributed by atoms with Gasteiger partial charge < -0.3 is 10.4 Å². The molecule has 90 valence electrons. The topological polar surface area (TPSA) is 32.3 Å². The summed E-state index contributed by atoms with van der Waals surface area (Å²) in [6, 6.07) is 0.832. The first-order valence-electron chi connectivity index (χ1n) is 6.32. The summed E-state index contributed by atoms with van der Waals surface area (Å²) in [5, 5.41) is 12.7. The second kappa shape index (κ2) is 5.31. The first-order valence-corrected chi connectivity index (χ1v) is 6.32. The summed E-state index contributed by atoms with van der Waals surface area (Å²) >= 11 is 0. The lowest BCUT2D eigenvalue weighted by molar-refractivity contribution is 0.114. The monoisotopic (exact) mass is 213 g/mol. The lowest BCUT2D eigenvalue weighted by Gasteiger charge is -2.42. The fourth-order valence-electron chi connectivity index (χ4n) is 2.79. The molecule has 1 rings (SSSR count). The van der Waals surface area contributed by atoms with Crippen molar-refractivity contribution in [3.05, 3.63) is 0 Å². The zero-order valence-electron chi connectivity index (χ0n) is 10.7. The highest BCUT2D eigenvalue weighted by molar-refractivity contribution is 4.89. The van der Waals surface area contributed by atoms with Gasteiger partial charge in [0.1, 0.15) is 0 Å². The first-order chi connectivity index (χ1) is 6.95. The molecule has 0 spiro atoms. The third-order valence-corrected chi connectivity index (χ3v) is 3.65. The summed E-state index contributed by atoms with van der Waals surface area (Å²) in [4.78, 5) is 0. The number of aliphatic hydroxyl groups is 1. The second-order valence-electron chi connectivity index (χ2n) is 6.11. The molecule has 15 heavy (non-hydrogen) atoms. The Balaban J connectivity index is 2.58. The van der Waals surface area contributed by atoms with Crippen LogP contribution >= 0.6 is 0 Å². The van der Waals surface area contributed by atoms with Gasteiger partial charge in [-0.15, -0.1) is 0 Å². The number of hydrogen-bond acceptors (Lipinski definition) is 2. The minimum atomic E-state index is 0.234. The van der Waals surface area contributed by atoms with E-state index in [2.05, 4.69) is 33.0 Å². The molecule has 3 atom stereocenters. The smallest absolute Gasteiger partial charge is 0.0582 e. The first kappa shape index (κ1) is 13.0. The molecule has 0 aliphatic heterocycles. The van der Waals surface area contributed by atoms with Gasteiger partial charge in [0, 0.05) is 12.1 Å². The molecule has 0 heterocycles. The third-order valence-electron chi connectivity index (χ3n) is 3.65. The Morgan fingerprint density at radius 2 is 1.87 bits per heavy atom. The standard InChI is InChI=1S/C13H27NO/c1-10(9-15)14-12-8-6-5-7-11(12)13(2,3)4/h10-12,14-15H,5-9H2,1-4H3. The molecule has 1 aliphatic rings. The molecule has 0 amide bonds. The molecule has 1 saturated carbocycles. The van der Waals surface area contributed by atoms with Crippen LogP contribution in [0.2, 0.25) is 0 Å². The molecule has 0 aromatic carbocycles. The maximum absolute atomic E-state index is 9.09. The highest BCUT2D eigenvalue weighted by Crippen LogP contribution is 2.38. The maximum atomic E-state index is 9.09. The summed E-state index contributed by atoms with van der Waals surface area (Å²) in [7, 11) is 0. The molecule has 2 nitrogen and oxygen atoms in total. The van der Waals surface area contributed by atoms with Crippen LogP contribution in [0.5, 0.6) is 0 Å². The van der Waals surface area contributed by atoms with E-state index in [-0.39, 0.29) is 12.6 Å². The summed E-state index contributed by atoms with van der Waals surface area (Å²) in [5.41, 5.74) is 0.382. The average Bonchev–Trinajstić information content (AvgIpc) is 2.17. The van der Waals surface area contributed by atoms with Crippen LogP contribution in [0.15, 0.2) is 0 Å². The lowest BCUT2D eigenvalue weighted by Crippen LogP contribution is -2.48. The molecule has 1 aliphatic carbocycles. The van der Waals surface area contributed by atoms with Crippen molar-refractivity contribution in [2.24, 2.45) is 11.3 Å². The van der Waals surface area contributed by atoms with Crippen LogP contribution in [-0.4, -0.2) is 23.8 Å². The number of nitrogens with one attached hydrogen (secondary N) is 1. The van der Waals surface area contributed by atoms with Gasteiger partial charge in [-0.3, -0.25) is 0 Å². The third kappa shape index (κ3) is 3.76. The van der Waals surface area contributed by atoms with E-state index in [0.717, 1.165) is 5.92 Å². The molecule has 0 bridgehead atoms.